The largest absolute Gasteiger partial charge is 0.381 e. The second-order valence-electron chi connectivity index (χ2n) is 9.36. The molecule has 4 rings (SSSR count). The monoisotopic (exact) mass is 363 g/mol. The van der Waals surface area contributed by atoms with Crippen molar-refractivity contribution in [1.29, 1.82) is 0 Å². The molecular formula is C22H37NO3. The Labute approximate surface area is 159 Å². The van der Waals surface area contributed by atoms with E-state index in [-0.39, 0.29) is 5.60 Å². The minimum Gasteiger partial charge on any atom is -0.381 e. The lowest BCUT2D eigenvalue weighted by atomic mass is 9.78. The summed E-state index contributed by atoms with van der Waals surface area (Å²) >= 11 is 0. The molecule has 0 N–H and O–H groups in total. The molecule has 148 valence electrons. The summed E-state index contributed by atoms with van der Waals surface area (Å²) in [4.78, 5) is 14.9. The fraction of sp³-hybridized carbons (Fsp3) is 0.955. The number of nitrogens with zero attached hydrogens (tertiary/aromatic N) is 1. The van der Waals surface area contributed by atoms with E-state index in [4.69, 9.17) is 9.47 Å². The van der Waals surface area contributed by atoms with Crippen LogP contribution in [0.25, 0.3) is 0 Å². The first-order valence-electron chi connectivity index (χ1n) is 11.2. The minimum atomic E-state index is 0.0444. The number of likely N-dealkylation sites (tertiary alicyclic amines) is 1. The number of carbonyl (C=O) groups is 1. The van der Waals surface area contributed by atoms with Gasteiger partial charge in [-0.25, -0.2) is 0 Å². The molecule has 0 aromatic carbocycles. The first-order valence-corrected chi connectivity index (χ1v) is 11.2. The Hall–Kier alpha value is -0.610. The zero-order valence-corrected chi connectivity index (χ0v) is 16.4. The van der Waals surface area contributed by atoms with Crippen LogP contribution in [-0.2, 0) is 14.3 Å². The minimum absolute atomic E-state index is 0.0444. The molecule has 0 radical (unpaired) electrons. The van der Waals surface area contributed by atoms with Gasteiger partial charge in [0.2, 0.25) is 5.91 Å². The molecule has 1 spiro atoms. The summed E-state index contributed by atoms with van der Waals surface area (Å²) < 4.78 is 12.1. The van der Waals surface area contributed by atoms with Crippen molar-refractivity contribution in [2.45, 2.75) is 82.7 Å². The Morgan fingerprint density at radius 2 is 1.77 bits per heavy atom. The highest BCUT2D eigenvalue weighted by Gasteiger charge is 2.41. The van der Waals surface area contributed by atoms with Gasteiger partial charge in [0, 0.05) is 38.8 Å². The maximum atomic E-state index is 12.8. The van der Waals surface area contributed by atoms with Gasteiger partial charge in [0.15, 0.2) is 0 Å². The van der Waals surface area contributed by atoms with Crippen LogP contribution in [0, 0.1) is 17.8 Å². The predicted molar refractivity (Wildman–Crippen MR) is 102 cm³/mol. The zero-order valence-electron chi connectivity index (χ0n) is 16.4. The summed E-state index contributed by atoms with van der Waals surface area (Å²) in [7, 11) is 0. The molecule has 4 heteroatoms. The Morgan fingerprint density at radius 1 is 1.00 bits per heavy atom. The van der Waals surface area contributed by atoms with Crippen molar-refractivity contribution in [1.82, 2.24) is 4.90 Å². The quantitative estimate of drug-likeness (QED) is 0.665. The molecule has 0 aromatic heterocycles. The summed E-state index contributed by atoms with van der Waals surface area (Å²) in [6.07, 6.45) is 14.4. The van der Waals surface area contributed by atoms with Gasteiger partial charge in [0.25, 0.3) is 0 Å². The van der Waals surface area contributed by atoms with Crippen molar-refractivity contribution >= 4 is 5.91 Å². The van der Waals surface area contributed by atoms with Gasteiger partial charge >= 0.3 is 0 Å². The van der Waals surface area contributed by atoms with Gasteiger partial charge in [-0.05, 0) is 69.6 Å². The number of amides is 1. The number of rotatable bonds is 6. The van der Waals surface area contributed by atoms with Crippen LogP contribution in [0.2, 0.25) is 0 Å². The van der Waals surface area contributed by atoms with E-state index >= 15 is 0 Å². The Bertz CT molecular complexity index is 462. The standard InChI is InChI=1S/C22H37NO3/c24-21(20-4-2-1-3-5-20)23-12-10-22(11-13-23)16-18(9-15-26-22)8-14-25-17-19-6-7-19/h18-20H,1-17H2. The van der Waals surface area contributed by atoms with Crippen LogP contribution in [0.3, 0.4) is 0 Å². The molecular weight excluding hydrogens is 326 g/mol. The van der Waals surface area contributed by atoms with Crippen molar-refractivity contribution in [3.05, 3.63) is 0 Å². The Balaban J connectivity index is 1.21. The summed E-state index contributed by atoms with van der Waals surface area (Å²) in [5, 5.41) is 0. The molecule has 1 unspecified atom stereocenters. The molecule has 1 amide bonds. The van der Waals surface area contributed by atoms with Gasteiger partial charge in [-0.1, -0.05) is 19.3 Å². The van der Waals surface area contributed by atoms with Crippen molar-refractivity contribution in [2.75, 3.05) is 32.9 Å². The number of ether oxygens (including phenoxy) is 2. The Kier molecular flexibility index (Phi) is 6.20. The predicted octanol–water partition coefficient (Wildman–Crippen LogP) is 4.17. The number of hydrogen-bond donors (Lipinski definition) is 0. The highest BCUT2D eigenvalue weighted by molar-refractivity contribution is 5.79. The highest BCUT2D eigenvalue weighted by atomic mass is 16.5. The normalized spacial score (nSPS) is 29.8. The van der Waals surface area contributed by atoms with E-state index in [1.807, 2.05) is 0 Å². The molecule has 2 aliphatic carbocycles. The van der Waals surface area contributed by atoms with E-state index in [9.17, 15) is 4.79 Å². The SMILES string of the molecule is O=C(C1CCCCC1)N1CCC2(CC1)CC(CCOCC1CC1)CCO2. The molecule has 2 aliphatic heterocycles. The topological polar surface area (TPSA) is 38.8 Å². The van der Waals surface area contributed by atoms with Crippen LogP contribution in [-0.4, -0.2) is 49.3 Å². The van der Waals surface area contributed by atoms with E-state index in [0.29, 0.717) is 11.8 Å². The van der Waals surface area contributed by atoms with Gasteiger partial charge in [-0.15, -0.1) is 0 Å². The second kappa shape index (κ2) is 8.60. The van der Waals surface area contributed by atoms with Gasteiger partial charge in [-0.2, -0.15) is 0 Å². The second-order valence-corrected chi connectivity index (χ2v) is 9.36. The molecule has 0 bridgehead atoms. The van der Waals surface area contributed by atoms with Crippen LogP contribution in [0.15, 0.2) is 0 Å². The van der Waals surface area contributed by atoms with Crippen LogP contribution in [0.1, 0.15) is 77.0 Å². The average molecular weight is 364 g/mol. The highest BCUT2D eigenvalue weighted by Crippen LogP contribution is 2.39. The number of carbonyl (C=O) groups excluding carboxylic acids is 1. The zero-order chi connectivity index (χ0) is 17.8. The summed E-state index contributed by atoms with van der Waals surface area (Å²) in [6.45, 7) is 4.60. The third kappa shape index (κ3) is 4.81. The van der Waals surface area contributed by atoms with E-state index in [1.165, 1.54) is 51.4 Å². The molecule has 2 heterocycles. The van der Waals surface area contributed by atoms with Crippen LogP contribution in [0.4, 0.5) is 0 Å². The maximum absolute atomic E-state index is 12.8. The summed E-state index contributed by atoms with van der Waals surface area (Å²) in [5.41, 5.74) is 0.0444. The number of hydrogen-bond acceptors (Lipinski definition) is 3. The summed E-state index contributed by atoms with van der Waals surface area (Å²) in [6, 6.07) is 0. The lowest BCUT2D eigenvalue weighted by Gasteiger charge is -2.47. The molecule has 1 atom stereocenters. The van der Waals surface area contributed by atoms with Gasteiger partial charge in [0.05, 0.1) is 5.60 Å². The van der Waals surface area contributed by atoms with E-state index in [0.717, 1.165) is 70.4 Å². The van der Waals surface area contributed by atoms with Crippen LogP contribution < -0.4 is 0 Å². The molecule has 26 heavy (non-hydrogen) atoms. The van der Waals surface area contributed by atoms with E-state index in [2.05, 4.69) is 4.90 Å². The fourth-order valence-corrected chi connectivity index (χ4v) is 5.25. The Morgan fingerprint density at radius 3 is 2.50 bits per heavy atom. The van der Waals surface area contributed by atoms with Gasteiger partial charge in [-0.3, -0.25) is 4.79 Å². The smallest absolute Gasteiger partial charge is 0.225 e. The third-order valence-corrected chi connectivity index (χ3v) is 7.26. The number of piperidine rings is 1. The van der Waals surface area contributed by atoms with E-state index < -0.39 is 0 Å². The molecule has 0 aromatic rings. The first kappa shape index (κ1) is 18.7. The maximum Gasteiger partial charge on any atom is 0.225 e. The lowest BCUT2D eigenvalue weighted by molar-refractivity contribution is -0.151. The van der Waals surface area contributed by atoms with Gasteiger partial charge < -0.3 is 14.4 Å². The molecule has 4 fully saturated rings. The van der Waals surface area contributed by atoms with E-state index in [1.54, 1.807) is 0 Å². The lowest BCUT2D eigenvalue weighted by Crippen LogP contribution is -2.52. The van der Waals surface area contributed by atoms with Crippen LogP contribution in [0.5, 0.6) is 0 Å². The third-order valence-electron chi connectivity index (χ3n) is 7.26. The molecule has 2 saturated carbocycles. The fourth-order valence-electron chi connectivity index (χ4n) is 5.25. The van der Waals surface area contributed by atoms with Crippen molar-refractivity contribution in [3.8, 4) is 0 Å². The summed E-state index contributed by atoms with van der Waals surface area (Å²) in [5.74, 6) is 2.34. The van der Waals surface area contributed by atoms with Crippen molar-refractivity contribution in [3.63, 3.8) is 0 Å². The van der Waals surface area contributed by atoms with Crippen molar-refractivity contribution in [2.24, 2.45) is 17.8 Å². The molecule has 2 saturated heterocycles. The van der Waals surface area contributed by atoms with Gasteiger partial charge in [0.1, 0.15) is 0 Å². The van der Waals surface area contributed by atoms with Crippen LogP contribution >= 0.6 is 0 Å². The average Bonchev–Trinajstić information content (AvgIpc) is 3.51. The van der Waals surface area contributed by atoms with Crippen molar-refractivity contribution < 1.29 is 14.3 Å². The molecule has 4 aliphatic rings. The first-order chi connectivity index (χ1) is 12.7. The molecule has 4 nitrogen and oxygen atoms in total.